The van der Waals surface area contributed by atoms with Crippen molar-refractivity contribution in [2.24, 2.45) is 0 Å². The van der Waals surface area contributed by atoms with E-state index in [1.54, 1.807) is 6.20 Å². The zero-order chi connectivity index (χ0) is 18.1. The summed E-state index contributed by atoms with van der Waals surface area (Å²) in [5, 5.41) is 3.34. The summed E-state index contributed by atoms with van der Waals surface area (Å²) in [5.74, 6) is 0.527. The molecule has 0 aromatic carbocycles. The molecule has 1 aliphatic carbocycles. The molecule has 1 N–H and O–H groups in total. The van der Waals surface area contributed by atoms with E-state index in [0.717, 1.165) is 50.5 Å². The molecule has 2 aromatic heterocycles. The molecule has 4 nitrogen and oxygen atoms in total. The Morgan fingerprint density at radius 3 is 2.38 bits per heavy atom. The van der Waals surface area contributed by atoms with E-state index >= 15 is 0 Å². The highest BCUT2D eigenvalue weighted by Crippen LogP contribution is 2.46. The fraction of sp³-hybridized carbons (Fsp3) is 0.474. The van der Waals surface area contributed by atoms with Gasteiger partial charge in [-0.1, -0.05) is 0 Å². The molecule has 1 saturated heterocycles. The van der Waals surface area contributed by atoms with E-state index in [2.05, 4.69) is 20.2 Å². The Kier molecular flexibility index (Phi) is 4.56. The fourth-order valence-electron chi connectivity index (χ4n) is 3.65. The van der Waals surface area contributed by atoms with Gasteiger partial charge in [0.05, 0.1) is 23.8 Å². The van der Waals surface area contributed by atoms with E-state index in [0.29, 0.717) is 11.6 Å². The maximum atomic E-state index is 12.9. The second-order valence-electron chi connectivity index (χ2n) is 6.96. The molecule has 2 fully saturated rings. The lowest BCUT2D eigenvalue weighted by molar-refractivity contribution is -0.141. The van der Waals surface area contributed by atoms with Crippen LogP contribution in [0.15, 0.2) is 36.8 Å². The van der Waals surface area contributed by atoms with Crippen LogP contribution in [-0.2, 0) is 6.18 Å². The highest BCUT2D eigenvalue weighted by atomic mass is 19.4. The van der Waals surface area contributed by atoms with Crippen molar-refractivity contribution in [3.63, 3.8) is 0 Å². The topological polar surface area (TPSA) is 41.1 Å². The van der Waals surface area contributed by atoms with Crippen LogP contribution in [0.2, 0.25) is 0 Å². The first kappa shape index (κ1) is 17.3. The number of aromatic nitrogens is 2. The van der Waals surface area contributed by atoms with E-state index in [1.165, 1.54) is 17.8 Å². The lowest BCUT2D eigenvalue weighted by atomic mass is 10.0. The standard InChI is InChI=1S/C19H21F3N4/c20-19(21,22)18-4-3-15(11-25-18)26(14-5-8-23-9-6-14)17-12-24-10-7-16(17)13-1-2-13/h3-4,7,10-14,23H,1-2,5-6,8-9H2. The second kappa shape index (κ2) is 6.87. The number of pyridine rings is 2. The van der Waals surface area contributed by atoms with Crippen molar-refractivity contribution in [1.82, 2.24) is 15.3 Å². The molecule has 7 heteroatoms. The third kappa shape index (κ3) is 3.53. The Balaban J connectivity index is 1.74. The van der Waals surface area contributed by atoms with Gasteiger partial charge in [0.25, 0.3) is 0 Å². The monoisotopic (exact) mass is 362 g/mol. The first-order chi connectivity index (χ1) is 12.5. The van der Waals surface area contributed by atoms with Gasteiger partial charge in [0.15, 0.2) is 0 Å². The Morgan fingerprint density at radius 1 is 1.00 bits per heavy atom. The van der Waals surface area contributed by atoms with Gasteiger partial charge >= 0.3 is 6.18 Å². The van der Waals surface area contributed by atoms with Crippen LogP contribution in [0.1, 0.15) is 42.9 Å². The van der Waals surface area contributed by atoms with Crippen LogP contribution >= 0.6 is 0 Å². The Morgan fingerprint density at radius 2 is 1.77 bits per heavy atom. The van der Waals surface area contributed by atoms with Crippen LogP contribution in [0.25, 0.3) is 0 Å². The molecule has 0 spiro atoms. The molecular formula is C19H21F3N4. The maximum Gasteiger partial charge on any atom is 0.433 e. The molecule has 0 amide bonds. The normalized spacial score (nSPS) is 18.7. The van der Waals surface area contributed by atoms with Gasteiger partial charge in [0, 0.05) is 12.2 Å². The summed E-state index contributed by atoms with van der Waals surface area (Å²) in [5.41, 5.74) is 2.07. The number of hydrogen-bond acceptors (Lipinski definition) is 4. The van der Waals surface area contributed by atoms with Gasteiger partial charge in [-0.25, -0.2) is 4.98 Å². The molecule has 0 radical (unpaired) electrons. The minimum absolute atomic E-state index is 0.219. The lowest BCUT2D eigenvalue weighted by Crippen LogP contribution is -2.41. The van der Waals surface area contributed by atoms with E-state index in [1.807, 2.05) is 12.3 Å². The minimum Gasteiger partial charge on any atom is -0.336 e. The van der Waals surface area contributed by atoms with Crippen molar-refractivity contribution < 1.29 is 13.2 Å². The number of halogens is 3. The summed E-state index contributed by atoms with van der Waals surface area (Å²) in [6.45, 7) is 1.79. The predicted octanol–water partition coefficient (Wildman–Crippen LogP) is 4.26. The molecule has 0 bridgehead atoms. The van der Waals surface area contributed by atoms with E-state index in [9.17, 15) is 13.2 Å². The molecule has 1 saturated carbocycles. The van der Waals surface area contributed by atoms with Crippen molar-refractivity contribution in [1.29, 1.82) is 0 Å². The second-order valence-corrected chi connectivity index (χ2v) is 6.96. The van der Waals surface area contributed by atoms with E-state index in [4.69, 9.17) is 0 Å². The molecule has 26 heavy (non-hydrogen) atoms. The SMILES string of the molecule is FC(F)(F)c1ccc(N(c2cnccc2C2CC2)C2CCNCC2)cn1. The molecule has 4 rings (SSSR count). The number of rotatable bonds is 4. The average molecular weight is 362 g/mol. The lowest BCUT2D eigenvalue weighted by Gasteiger charge is -2.37. The van der Waals surface area contributed by atoms with Crippen molar-refractivity contribution in [2.45, 2.75) is 43.8 Å². The van der Waals surface area contributed by atoms with Crippen LogP contribution in [-0.4, -0.2) is 29.1 Å². The first-order valence-electron chi connectivity index (χ1n) is 9.01. The fourth-order valence-corrected chi connectivity index (χ4v) is 3.65. The van der Waals surface area contributed by atoms with Crippen molar-refractivity contribution in [2.75, 3.05) is 18.0 Å². The third-order valence-corrected chi connectivity index (χ3v) is 5.10. The number of nitrogens with one attached hydrogen (secondary N) is 1. The van der Waals surface area contributed by atoms with Crippen LogP contribution in [0.4, 0.5) is 24.5 Å². The number of hydrogen-bond donors (Lipinski definition) is 1. The molecule has 3 heterocycles. The third-order valence-electron chi connectivity index (χ3n) is 5.10. The van der Waals surface area contributed by atoms with Crippen molar-refractivity contribution in [3.8, 4) is 0 Å². The summed E-state index contributed by atoms with van der Waals surface area (Å²) in [7, 11) is 0. The summed E-state index contributed by atoms with van der Waals surface area (Å²) in [6.07, 6.45) is 4.72. The van der Waals surface area contributed by atoms with Gasteiger partial charge in [0.2, 0.25) is 0 Å². The zero-order valence-electron chi connectivity index (χ0n) is 14.3. The molecule has 0 atom stereocenters. The van der Waals surface area contributed by atoms with Crippen molar-refractivity contribution >= 4 is 11.4 Å². The number of nitrogens with zero attached hydrogens (tertiary/aromatic N) is 3. The Hall–Kier alpha value is -2.15. The Labute approximate surface area is 150 Å². The van der Waals surface area contributed by atoms with Crippen LogP contribution in [0, 0.1) is 0 Å². The van der Waals surface area contributed by atoms with Gasteiger partial charge in [-0.3, -0.25) is 4.98 Å². The van der Waals surface area contributed by atoms with Crippen LogP contribution in [0.3, 0.4) is 0 Å². The molecular weight excluding hydrogens is 341 g/mol. The average Bonchev–Trinajstić information content (AvgIpc) is 3.48. The van der Waals surface area contributed by atoms with E-state index in [-0.39, 0.29) is 6.04 Å². The van der Waals surface area contributed by atoms with E-state index < -0.39 is 11.9 Å². The minimum atomic E-state index is -4.43. The molecule has 0 unspecified atom stereocenters. The zero-order valence-corrected chi connectivity index (χ0v) is 14.3. The number of piperidine rings is 1. The van der Waals surface area contributed by atoms with Gasteiger partial charge in [0.1, 0.15) is 5.69 Å². The smallest absolute Gasteiger partial charge is 0.336 e. The molecule has 138 valence electrons. The van der Waals surface area contributed by atoms with Crippen LogP contribution < -0.4 is 10.2 Å². The summed E-state index contributed by atoms with van der Waals surface area (Å²) < 4.78 is 38.6. The molecule has 1 aliphatic heterocycles. The molecule has 2 aromatic rings. The summed E-state index contributed by atoms with van der Waals surface area (Å²) in [4.78, 5) is 10.1. The van der Waals surface area contributed by atoms with Gasteiger partial charge in [-0.15, -0.1) is 0 Å². The van der Waals surface area contributed by atoms with Crippen molar-refractivity contribution in [3.05, 3.63) is 48.0 Å². The predicted molar refractivity (Wildman–Crippen MR) is 93.5 cm³/mol. The van der Waals surface area contributed by atoms with Gasteiger partial charge in [-0.05, 0) is 68.5 Å². The van der Waals surface area contributed by atoms with Crippen LogP contribution in [0.5, 0.6) is 0 Å². The largest absolute Gasteiger partial charge is 0.433 e. The highest BCUT2D eigenvalue weighted by Gasteiger charge is 2.34. The first-order valence-corrected chi connectivity index (χ1v) is 9.01. The Bertz CT molecular complexity index is 750. The maximum absolute atomic E-state index is 12.9. The summed E-state index contributed by atoms with van der Waals surface area (Å²) in [6, 6.07) is 4.85. The summed E-state index contributed by atoms with van der Waals surface area (Å²) >= 11 is 0. The van der Waals surface area contributed by atoms with Gasteiger partial charge < -0.3 is 10.2 Å². The number of alkyl halides is 3. The van der Waals surface area contributed by atoms with Gasteiger partial charge in [-0.2, -0.15) is 13.2 Å². The molecule has 2 aliphatic rings. The quantitative estimate of drug-likeness (QED) is 0.882. The number of anilines is 2. The highest BCUT2D eigenvalue weighted by molar-refractivity contribution is 5.67.